The molecule has 0 spiro atoms. The third kappa shape index (κ3) is 4.75. The standard InChI is InChI=1S/C17H24O6/c1-22-17(21)12-7-5-11(6-8-12)3-2-4-15-16(20)14(19)9-13(10-18)23-15/h5-8,13-16,18-20H,2-4,9-10H2,1H3/t13?,14?,15-,16?/m1/s1. The minimum absolute atomic E-state index is 0.157. The molecule has 0 radical (unpaired) electrons. The Bertz CT molecular complexity index is 500. The molecule has 3 N–H and O–H groups in total. The van der Waals surface area contributed by atoms with Gasteiger partial charge in [-0.15, -0.1) is 0 Å². The van der Waals surface area contributed by atoms with E-state index in [0.717, 1.165) is 18.4 Å². The van der Waals surface area contributed by atoms with Crippen LogP contribution in [0.5, 0.6) is 0 Å². The Kier molecular flexibility index (Phi) is 6.53. The van der Waals surface area contributed by atoms with Gasteiger partial charge in [0.25, 0.3) is 0 Å². The quantitative estimate of drug-likeness (QED) is 0.666. The Morgan fingerprint density at radius 2 is 2.00 bits per heavy atom. The number of ether oxygens (including phenoxy) is 2. The first-order chi connectivity index (χ1) is 11.0. The van der Waals surface area contributed by atoms with E-state index < -0.39 is 24.4 Å². The van der Waals surface area contributed by atoms with E-state index in [4.69, 9.17) is 9.84 Å². The highest BCUT2D eigenvalue weighted by atomic mass is 16.5. The Morgan fingerprint density at radius 3 is 2.61 bits per heavy atom. The number of carbonyl (C=O) groups excluding carboxylic acids is 1. The molecule has 1 fully saturated rings. The van der Waals surface area contributed by atoms with Gasteiger partial charge in [0, 0.05) is 6.42 Å². The Morgan fingerprint density at radius 1 is 1.30 bits per heavy atom. The summed E-state index contributed by atoms with van der Waals surface area (Å²) in [7, 11) is 1.35. The van der Waals surface area contributed by atoms with Crippen LogP contribution < -0.4 is 0 Å². The van der Waals surface area contributed by atoms with Crippen LogP contribution in [-0.4, -0.2) is 59.4 Å². The normalized spacial score (nSPS) is 27.7. The number of aliphatic hydroxyl groups is 3. The number of benzene rings is 1. The number of esters is 1. The van der Waals surface area contributed by atoms with Gasteiger partial charge in [-0.2, -0.15) is 0 Å². The predicted molar refractivity (Wildman–Crippen MR) is 83.1 cm³/mol. The molecule has 0 aromatic heterocycles. The molecule has 23 heavy (non-hydrogen) atoms. The van der Waals surface area contributed by atoms with Crippen LogP contribution in [0, 0.1) is 0 Å². The average molecular weight is 324 g/mol. The van der Waals surface area contributed by atoms with E-state index in [9.17, 15) is 15.0 Å². The molecule has 0 saturated carbocycles. The Hall–Kier alpha value is -1.47. The maximum Gasteiger partial charge on any atom is 0.337 e. The van der Waals surface area contributed by atoms with E-state index in [1.807, 2.05) is 12.1 Å². The van der Waals surface area contributed by atoms with E-state index in [-0.39, 0.29) is 19.0 Å². The molecular formula is C17H24O6. The average Bonchev–Trinajstić information content (AvgIpc) is 2.58. The zero-order valence-corrected chi connectivity index (χ0v) is 13.2. The van der Waals surface area contributed by atoms with Crippen molar-refractivity contribution < 1.29 is 29.6 Å². The van der Waals surface area contributed by atoms with Crippen molar-refractivity contribution in [2.45, 2.75) is 50.1 Å². The summed E-state index contributed by atoms with van der Waals surface area (Å²) in [4.78, 5) is 11.4. The van der Waals surface area contributed by atoms with Gasteiger partial charge in [0.1, 0.15) is 6.10 Å². The molecule has 6 nitrogen and oxygen atoms in total. The van der Waals surface area contributed by atoms with Crippen LogP contribution >= 0.6 is 0 Å². The molecule has 0 aliphatic carbocycles. The fourth-order valence-electron chi connectivity index (χ4n) is 2.83. The minimum atomic E-state index is -0.917. The lowest BCUT2D eigenvalue weighted by Gasteiger charge is -2.36. The number of carbonyl (C=O) groups is 1. The van der Waals surface area contributed by atoms with E-state index in [2.05, 4.69) is 4.74 Å². The van der Waals surface area contributed by atoms with Crippen molar-refractivity contribution in [1.82, 2.24) is 0 Å². The lowest BCUT2D eigenvalue weighted by molar-refractivity contribution is -0.178. The third-order valence-electron chi connectivity index (χ3n) is 4.18. The summed E-state index contributed by atoms with van der Waals surface area (Å²) in [6.07, 6.45) is -0.276. The largest absolute Gasteiger partial charge is 0.465 e. The summed E-state index contributed by atoms with van der Waals surface area (Å²) in [6, 6.07) is 7.18. The van der Waals surface area contributed by atoms with E-state index >= 15 is 0 Å². The monoisotopic (exact) mass is 324 g/mol. The fraction of sp³-hybridized carbons (Fsp3) is 0.588. The first-order valence-electron chi connectivity index (χ1n) is 7.85. The van der Waals surface area contributed by atoms with Gasteiger partial charge in [-0.25, -0.2) is 4.79 Å². The van der Waals surface area contributed by atoms with Crippen LogP contribution in [0.4, 0.5) is 0 Å². The molecule has 0 amide bonds. The van der Waals surface area contributed by atoms with Crippen LogP contribution in [0.1, 0.15) is 35.2 Å². The summed E-state index contributed by atoms with van der Waals surface area (Å²) < 4.78 is 10.3. The lowest BCUT2D eigenvalue weighted by Crippen LogP contribution is -2.49. The summed E-state index contributed by atoms with van der Waals surface area (Å²) in [5.74, 6) is -0.362. The number of hydrogen-bond acceptors (Lipinski definition) is 6. The van der Waals surface area contributed by atoms with Crippen LogP contribution in [0.2, 0.25) is 0 Å². The smallest absolute Gasteiger partial charge is 0.337 e. The van der Waals surface area contributed by atoms with E-state index in [1.54, 1.807) is 12.1 Å². The molecule has 1 aromatic rings. The minimum Gasteiger partial charge on any atom is -0.465 e. The van der Waals surface area contributed by atoms with Crippen LogP contribution in [0.15, 0.2) is 24.3 Å². The van der Waals surface area contributed by atoms with Crippen LogP contribution in [0.25, 0.3) is 0 Å². The first kappa shape index (κ1) is 17.9. The molecular weight excluding hydrogens is 300 g/mol. The molecule has 6 heteroatoms. The first-order valence-corrected chi connectivity index (χ1v) is 7.85. The third-order valence-corrected chi connectivity index (χ3v) is 4.18. The predicted octanol–water partition coefficient (Wildman–Crippen LogP) is 0.667. The van der Waals surface area contributed by atoms with Gasteiger partial charge in [-0.3, -0.25) is 0 Å². The van der Waals surface area contributed by atoms with Gasteiger partial charge < -0.3 is 24.8 Å². The lowest BCUT2D eigenvalue weighted by atomic mass is 9.94. The second-order valence-electron chi connectivity index (χ2n) is 5.85. The van der Waals surface area contributed by atoms with Gasteiger partial charge in [0.15, 0.2) is 0 Å². The van der Waals surface area contributed by atoms with Crippen molar-refractivity contribution >= 4 is 5.97 Å². The molecule has 1 aromatic carbocycles. The summed E-state index contributed by atoms with van der Waals surface area (Å²) in [5, 5.41) is 28.9. The summed E-state index contributed by atoms with van der Waals surface area (Å²) in [5.41, 5.74) is 1.58. The fourth-order valence-corrected chi connectivity index (χ4v) is 2.83. The molecule has 1 heterocycles. The molecule has 1 saturated heterocycles. The second-order valence-corrected chi connectivity index (χ2v) is 5.85. The van der Waals surface area contributed by atoms with Crippen molar-refractivity contribution in [3.05, 3.63) is 35.4 Å². The highest BCUT2D eigenvalue weighted by Crippen LogP contribution is 2.24. The number of hydrogen-bond donors (Lipinski definition) is 3. The molecule has 128 valence electrons. The van der Waals surface area contributed by atoms with Gasteiger partial charge in [-0.1, -0.05) is 12.1 Å². The zero-order chi connectivity index (χ0) is 16.8. The summed E-state index contributed by atoms with van der Waals surface area (Å²) in [6.45, 7) is -0.157. The number of rotatable bonds is 6. The Labute approximate surface area is 135 Å². The second kappa shape index (κ2) is 8.40. The van der Waals surface area contributed by atoms with Crippen molar-refractivity contribution in [2.75, 3.05) is 13.7 Å². The van der Waals surface area contributed by atoms with Gasteiger partial charge in [-0.05, 0) is 37.0 Å². The molecule has 1 aliphatic rings. The highest BCUT2D eigenvalue weighted by molar-refractivity contribution is 5.89. The molecule has 4 atom stereocenters. The zero-order valence-electron chi connectivity index (χ0n) is 13.2. The number of methoxy groups -OCH3 is 1. The molecule has 3 unspecified atom stereocenters. The number of aryl methyl sites for hydroxylation is 1. The van der Waals surface area contributed by atoms with Crippen molar-refractivity contribution in [1.29, 1.82) is 0 Å². The molecule has 1 aliphatic heterocycles. The van der Waals surface area contributed by atoms with Gasteiger partial charge in [0.05, 0.1) is 37.6 Å². The van der Waals surface area contributed by atoms with Crippen molar-refractivity contribution in [3.63, 3.8) is 0 Å². The van der Waals surface area contributed by atoms with E-state index in [0.29, 0.717) is 12.0 Å². The van der Waals surface area contributed by atoms with Crippen molar-refractivity contribution in [3.8, 4) is 0 Å². The highest BCUT2D eigenvalue weighted by Gasteiger charge is 2.35. The number of aliphatic hydroxyl groups excluding tert-OH is 3. The van der Waals surface area contributed by atoms with Gasteiger partial charge in [0.2, 0.25) is 0 Å². The van der Waals surface area contributed by atoms with E-state index in [1.165, 1.54) is 7.11 Å². The topological polar surface area (TPSA) is 96.2 Å². The van der Waals surface area contributed by atoms with Gasteiger partial charge >= 0.3 is 5.97 Å². The van der Waals surface area contributed by atoms with Crippen LogP contribution in [-0.2, 0) is 15.9 Å². The molecule has 0 bridgehead atoms. The maximum absolute atomic E-state index is 11.4. The van der Waals surface area contributed by atoms with Crippen LogP contribution in [0.3, 0.4) is 0 Å². The van der Waals surface area contributed by atoms with Crippen molar-refractivity contribution in [2.24, 2.45) is 0 Å². The SMILES string of the molecule is COC(=O)c1ccc(CCC[C@H]2OC(CO)CC(O)C2O)cc1. The molecule has 2 rings (SSSR count). The Balaban J connectivity index is 1.83. The summed E-state index contributed by atoms with van der Waals surface area (Å²) >= 11 is 0. The maximum atomic E-state index is 11.4.